The van der Waals surface area contributed by atoms with Crippen molar-refractivity contribution in [2.75, 3.05) is 26.2 Å². The first kappa shape index (κ1) is 31.7. The summed E-state index contributed by atoms with van der Waals surface area (Å²) in [4.78, 5) is 40.8. The summed E-state index contributed by atoms with van der Waals surface area (Å²) >= 11 is 0. The predicted molar refractivity (Wildman–Crippen MR) is 163 cm³/mol. The highest BCUT2D eigenvalue weighted by molar-refractivity contribution is 6.21. The molecule has 0 saturated heterocycles. The van der Waals surface area contributed by atoms with E-state index in [9.17, 15) is 19.5 Å². The predicted octanol–water partition coefficient (Wildman–Crippen LogP) is 4.96. The lowest BCUT2D eigenvalue weighted by molar-refractivity contribution is -0.132. The summed E-state index contributed by atoms with van der Waals surface area (Å²) in [6.07, 6.45) is 2.09. The van der Waals surface area contributed by atoms with Crippen molar-refractivity contribution >= 4 is 17.7 Å². The molecule has 1 aliphatic rings. The van der Waals surface area contributed by atoms with Crippen LogP contribution in [0.1, 0.15) is 76.4 Å². The number of amides is 3. The van der Waals surface area contributed by atoms with Gasteiger partial charge in [0, 0.05) is 32.6 Å². The number of aliphatic hydroxyl groups excluding tert-OH is 1. The Labute approximate surface area is 244 Å². The van der Waals surface area contributed by atoms with E-state index in [0.717, 1.165) is 23.3 Å². The number of imide groups is 1. The van der Waals surface area contributed by atoms with Gasteiger partial charge in [-0.05, 0) is 48.9 Å². The molecule has 41 heavy (non-hydrogen) atoms. The molecule has 1 aliphatic heterocycles. The van der Waals surface area contributed by atoms with Gasteiger partial charge in [-0.1, -0.05) is 92.6 Å². The van der Waals surface area contributed by atoms with Gasteiger partial charge in [0.1, 0.15) is 0 Å². The zero-order valence-electron chi connectivity index (χ0n) is 24.5. The van der Waals surface area contributed by atoms with Crippen LogP contribution in [-0.4, -0.2) is 64.9 Å². The molecule has 3 aromatic carbocycles. The number of hydrogen-bond acceptors (Lipinski definition) is 5. The number of carbonyl (C=O) groups excluding carboxylic acids is 3. The first-order valence-corrected chi connectivity index (χ1v) is 14.5. The Bertz CT molecular complexity index is 1240. The molecule has 0 radical (unpaired) electrons. The summed E-state index contributed by atoms with van der Waals surface area (Å²) in [7, 11) is 0. The van der Waals surface area contributed by atoms with Crippen LogP contribution in [0.2, 0.25) is 0 Å². The molecule has 1 heterocycles. The van der Waals surface area contributed by atoms with Crippen molar-refractivity contribution in [1.82, 2.24) is 9.80 Å². The third-order valence-electron chi connectivity index (χ3n) is 7.36. The van der Waals surface area contributed by atoms with Crippen LogP contribution in [0, 0.1) is 6.92 Å². The molecule has 7 heteroatoms. The molecule has 0 saturated carbocycles. The van der Waals surface area contributed by atoms with Gasteiger partial charge in [-0.3, -0.25) is 19.3 Å². The largest absolute Gasteiger partial charge is 0.390 e. The van der Waals surface area contributed by atoms with E-state index in [0.29, 0.717) is 30.0 Å². The third kappa shape index (κ3) is 9.10. The van der Waals surface area contributed by atoms with Crippen molar-refractivity contribution in [3.05, 3.63) is 107 Å². The number of nitrogens with zero attached hydrogens (tertiary/aromatic N) is 2. The maximum atomic E-state index is 13.0. The number of rotatable bonds is 12. The highest BCUT2D eigenvalue weighted by Gasteiger charge is 2.35. The third-order valence-corrected chi connectivity index (χ3v) is 7.36. The number of hydrogen-bond donors (Lipinski definition) is 2. The van der Waals surface area contributed by atoms with Gasteiger partial charge in [0.2, 0.25) is 5.91 Å². The van der Waals surface area contributed by atoms with Crippen LogP contribution >= 0.6 is 0 Å². The normalized spacial score (nSPS) is 13.7. The van der Waals surface area contributed by atoms with Crippen LogP contribution in [0.5, 0.6) is 0 Å². The van der Waals surface area contributed by atoms with E-state index in [4.69, 9.17) is 5.73 Å². The molecular formula is C34H43N3O4. The Balaban J connectivity index is 0.000000575. The average molecular weight is 558 g/mol. The Kier molecular flexibility index (Phi) is 12.3. The molecule has 0 fully saturated rings. The van der Waals surface area contributed by atoms with Crippen LogP contribution < -0.4 is 5.73 Å². The first-order valence-electron chi connectivity index (χ1n) is 14.5. The molecule has 3 aromatic rings. The molecule has 2 atom stereocenters. The van der Waals surface area contributed by atoms with Crippen molar-refractivity contribution < 1.29 is 19.5 Å². The van der Waals surface area contributed by atoms with Gasteiger partial charge < -0.3 is 15.7 Å². The summed E-state index contributed by atoms with van der Waals surface area (Å²) < 4.78 is 0. The van der Waals surface area contributed by atoms with Crippen molar-refractivity contribution in [3.8, 4) is 0 Å². The van der Waals surface area contributed by atoms with E-state index in [2.05, 4.69) is 57.2 Å². The van der Waals surface area contributed by atoms with E-state index in [1.165, 1.54) is 11.1 Å². The van der Waals surface area contributed by atoms with Gasteiger partial charge in [0.15, 0.2) is 0 Å². The van der Waals surface area contributed by atoms with E-state index in [1.807, 2.05) is 18.2 Å². The highest BCUT2D eigenvalue weighted by Crippen LogP contribution is 2.23. The topological polar surface area (TPSA) is 104 Å². The smallest absolute Gasteiger partial charge is 0.261 e. The second-order valence-electron chi connectivity index (χ2n) is 10.6. The minimum Gasteiger partial charge on any atom is -0.390 e. The maximum Gasteiger partial charge on any atom is 0.261 e. The second kappa shape index (κ2) is 15.8. The number of aryl methyl sites for hydroxylation is 1. The first-order chi connectivity index (χ1) is 19.7. The number of benzene rings is 3. The Morgan fingerprint density at radius 3 is 2.02 bits per heavy atom. The lowest BCUT2D eigenvalue weighted by Gasteiger charge is -2.26. The molecule has 0 bridgehead atoms. The standard InChI is InChI=1S/C27H35N3O4.C7H8/c1-3-6-19(2)21-11-9-20(10-12-21)13-15-29(18-22(31)17-28)25(32)14-16-30-26(33)23-7-4-5-8-24(23)27(30)34;1-7-5-3-2-4-6-7/h4-5,7-12,19,22,31H,3,6,13-18,28H2,1-2H3;2-6H,1H3. The van der Waals surface area contributed by atoms with Crippen LogP contribution in [0.15, 0.2) is 78.9 Å². The Morgan fingerprint density at radius 1 is 0.927 bits per heavy atom. The molecule has 0 spiro atoms. The number of fused-ring (bicyclic) bond motifs is 1. The van der Waals surface area contributed by atoms with Crippen LogP contribution in [0.4, 0.5) is 0 Å². The van der Waals surface area contributed by atoms with Gasteiger partial charge in [-0.15, -0.1) is 0 Å². The zero-order valence-corrected chi connectivity index (χ0v) is 24.5. The van der Waals surface area contributed by atoms with Gasteiger partial charge >= 0.3 is 0 Å². The monoisotopic (exact) mass is 557 g/mol. The molecule has 3 amide bonds. The van der Waals surface area contributed by atoms with E-state index in [1.54, 1.807) is 29.2 Å². The second-order valence-corrected chi connectivity index (χ2v) is 10.6. The molecule has 0 aromatic heterocycles. The fourth-order valence-electron chi connectivity index (χ4n) is 4.87. The summed E-state index contributed by atoms with van der Waals surface area (Å²) in [5.41, 5.74) is 10.0. The quantitative estimate of drug-likeness (QED) is 0.306. The van der Waals surface area contributed by atoms with E-state index in [-0.39, 0.29) is 43.8 Å². The molecule has 2 unspecified atom stereocenters. The van der Waals surface area contributed by atoms with Crippen molar-refractivity contribution in [1.29, 1.82) is 0 Å². The summed E-state index contributed by atoms with van der Waals surface area (Å²) in [5.74, 6) is -0.463. The van der Waals surface area contributed by atoms with E-state index < -0.39 is 6.10 Å². The Morgan fingerprint density at radius 2 is 1.51 bits per heavy atom. The van der Waals surface area contributed by atoms with Gasteiger partial charge in [0.05, 0.1) is 17.2 Å². The van der Waals surface area contributed by atoms with Gasteiger partial charge in [-0.2, -0.15) is 0 Å². The minimum absolute atomic E-state index is 0.00374. The number of aliphatic hydroxyl groups is 1. The van der Waals surface area contributed by atoms with Crippen molar-refractivity contribution in [3.63, 3.8) is 0 Å². The van der Waals surface area contributed by atoms with Crippen molar-refractivity contribution in [2.24, 2.45) is 5.73 Å². The van der Waals surface area contributed by atoms with Gasteiger partial charge in [0.25, 0.3) is 11.8 Å². The van der Waals surface area contributed by atoms with Crippen molar-refractivity contribution in [2.45, 2.75) is 58.5 Å². The molecule has 3 N–H and O–H groups in total. The SMILES string of the molecule is CCCC(C)c1ccc(CCN(CC(O)CN)C(=O)CCN2C(=O)c3ccccc3C2=O)cc1.Cc1ccccc1. The maximum absolute atomic E-state index is 13.0. The zero-order chi connectivity index (χ0) is 29.8. The number of nitrogens with two attached hydrogens (primary N) is 1. The summed E-state index contributed by atoms with van der Waals surface area (Å²) in [6, 6.07) is 25.4. The van der Waals surface area contributed by atoms with Crippen LogP contribution in [0.3, 0.4) is 0 Å². The fraction of sp³-hybridized carbons (Fsp3) is 0.382. The fourth-order valence-corrected chi connectivity index (χ4v) is 4.87. The van der Waals surface area contributed by atoms with E-state index >= 15 is 0 Å². The molecule has 4 rings (SSSR count). The van der Waals surface area contributed by atoms with Crippen LogP contribution in [0.25, 0.3) is 0 Å². The average Bonchev–Trinajstić information content (AvgIpc) is 3.23. The number of carbonyl (C=O) groups is 3. The summed E-state index contributed by atoms with van der Waals surface area (Å²) in [5, 5.41) is 10.1. The molecule has 0 aliphatic carbocycles. The molecule has 218 valence electrons. The lowest BCUT2D eigenvalue weighted by atomic mass is 9.95. The minimum atomic E-state index is -0.833. The van der Waals surface area contributed by atoms with Crippen LogP contribution in [-0.2, 0) is 11.2 Å². The molecular weight excluding hydrogens is 514 g/mol. The lowest BCUT2D eigenvalue weighted by Crippen LogP contribution is -2.43. The molecule has 7 nitrogen and oxygen atoms in total. The van der Waals surface area contributed by atoms with Gasteiger partial charge in [-0.25, -0.2) is 0 Å². The highest BCUT2D eigenvalue weighted by atomic mass is 16.3. The Hall–Kier alpha value is -3.81. The summed E-state index contributed by atoms with van der Waals surface area (Å²) in [6.45, 7) is 7.07.